The van der Waals surface area contributed by atoms with Crippen LogP contribution in [0.5, 0.6) is 0 Å². The number of nitrogens with zero attached hydrogens (tertiary/aromatic N) is 2. The SMILES string of the molecule is CCC1C[N]([Ge]([CH2]C)([CH2]C)[N]2C/C(C)=[CH]\[Ge]([CH2]C)([CH2]C)[CH2]C(CC)C2)C/C(C)=[CH]\[Ge]([CH2]C)([CH2]C)[CH2]1. The zero-order chi connectivity index (χ0) is 26.3. The number of hydrogen-bond donors (Lipinski definition) is 0. The van der Waals surface area contributed by atoms with Gasteiger partial charge in [0.15, 0.2) is 0 Å². The van der Waals surface area contributed by atoms with Crippen LogP contribution < -0.4 is 0 Å². The van der Waals surface area contributed by atoms with Crippen LogP contribution >= 0.6 is 0 Å². The van der Waals surface area contributed by atoms with Gasteiger partial charge >= 0.3 is 231 Å². The van der Waals surface area contributed by atoms with E-state index in [-0.39, 0.29) is 0 Å². The molecule has 0 aromatic heterocycles. The van der Waals surface area contributed by atoms with Crippen molar-refractivity contribution in [2.45, 2.75) is 124 Å². The normalized spacial score (nSPS) is 29.8. The van der Waals surface area contributed by atoms with Crippen LogP contribution in [0.1, 0.15) is 82.1 Å². The van der Waals surface area contributed by atoms with Crippen LogP contribution in [0.15, 0.2) is 21.0 Å². The second kappa shape index (κ2) is 14.4. The van der Waals surface area contributed by atoms with Crippen molar-refractivity contribution in [2.75, 3.05) is 26.2 Å². The van der Waals surface area contributed by atoms with Gasteiger partial charge in [-0.15, -0.1) is 0 Å². The van der Waals surface area contributed by atoms with E-state index >= 15 is 0 Å². The molecule has 2 unspecified atom stereocenters. The first-order valence-electron chi connectivity index (χ1n) is 15.5. The van der Waals surface area contributed by atoms with Gasteiger partial charge in [-0.2, -0.15) is 0 Å². The first kappa shape index (κ1) is 32.2. The summed E-state index contributed by atoms with van der Waals surface area (Å²) in [6, 6.07) is 0. The second-order valence-electron chi connectivity index (χ2n) is 12.5. The van der Waals surface area contributed by atoms with Crippen LogP contribution in [0, 0.1) is 11.8 Å². The maximum absolute atomic E-state index is 3.17. The summed E-state index contributed by atoms with van der Waals surface area (Å²) in [6.07, 6.45) is 2.75. The Kier molecular flexibility index (Phi) is 13.3. The van der Waals surface area contributed by atoms with Gasteiger partial charge in [0.25, 0.3) is 0 Å². The van der Waals surface area contributed by atoms with Crippen LogP contribution in [0.2, 0.25) is 42.0 Å². The molecule has 0 saturated heterocycles. The fraction of sp³-hybridized carbons (Fsp3) is 0.867. The van der Waals surface area contributed by atoms with E-state index in [0.717, 1.165) is 11.8 Å². The Bertz CT molecular complexity index is 648. The molecule has 0 spiro atoms. The van der Waals surface area contributed by atoms with E-state index in [2.05, 4.69) is 86.8 Å². The van der Waals surface area contributed by atoms with Crippen LogP contribution in [0.25, 0.3) is 0 Å². The van der Waals surface area contributed by atoms with Crippen LogP contribution in [-0.2, 0) is 0 Å². The van der Waals surface area contributed by atoms with Crippen molar-refractivity contribution in [1.29, 1.82) is 0 Å². The van der Waals surface area contributed by atoms with Crippen LogP contribution in [-0.4, -0.2) is 74.1 Å². The molecular weight excluding hydrogens is 606 g/mol. The zero-order valence-corrected chi connectivity index (χ0v) is 31.9. The molecule has 0 aliphatic carbocycles. The molecule has 5 heteroatoms. The van der Waals surface area contributed by atoms with E-state index in [1.807, 2.05) is 0 Å². The van der Waals surface area contributed by atoms with Crippen molar-refractivity contribution in [3.05, 3.63) is 21.0 Å². The first-order chi connectivity index (χ1) is 16.6. The Labute approximate surface area is 229 Å². The third kappa shape index (κ3) is 7.57. The van der Waals surface area contributed by atoms with Gasteiger partial charge in [0.1, 0.15) is 0 Å². The monoisotopic (exact) mass is 672 g/mol. The summed E-state index contributed by atoms with van der Waals surface area (Å²) in [4.78, 5) is 5.84. The average Bonchev–Trinajstić information content (AvgIpc) is 2.84. The fourth-order valence-corrected chi connectivity index (χ4v) is 36.4. The van der Waals surface area contributed by atoms with Gasteiger partial charge in [-0.3, -0.25) is 0 Å². The Morgan fingerprint density at radius 2 is 1.00 bits per heavy atom. The first-order valence-corrected chi connectivity index (χ1v) is 31.7. The minimum absolute atomic E-state index is 0.915. The Balaban J connectivity index is 2.53. The Morgan fingerprint density at radius 3 is 1.26 bits per heavy atom. The molecule has 35 heavy (non-hydrogen) atoms. The molecule has 2 aliphatic heterocycles. The van der Waals surface area contributed by atoms with Crippen LogP contribution in [0.4, 0.5) is 0 Å². The topological polar surface area (TPSA) is 6.48 Å². The predicted molar refractivity (Wildman–Crippen MR) is 168 cm³/mol. The van der Waals surface area contributed by atoms with E-state index in [9.17, 15) is 0 Å². The molecule has 204 valence electrons. The van der Waals surface area contributed by atoms with Crippen molar-refractivity contribution in [3.63, 3.8) is 0 Å². The molecule has 2 rings (SSSR count). The summed E-state index contributed by atoms with van der Waals surface area (Å²) in [5.74, 6) is 1.83. The Morgan fingerprint density at radius 1 is 0.657 bits per heavy atom. The van der Waals surface area contributed by atoms with Gasteiger partial charge in [-0.05, 0) is 0 Å². The molecule has 2 aliphatic rings. The molecule has 2 heterocycles. The molecule has 0 aromatic rings. The van der Waals surface area contributed by atoms with E-state index in [1.54, 1.807) is 21.7 Å². The summed E-state index contributed by atoms with van der Waals surface area (Å²) in [5.41, 5.74) is 3.47. The molecule has 0 fully saturated rings. The zero-order valence-electron chi connectivity index (χ0n) is 25.6. The van der Waals surface area contributed by atoms with E-state index in [0.29, 0.717) is 0 Å². The van der Waals surface area contributed by atoms with Gasteiger partial charge in [-0.1, -0.05) is 0 Å². The van der Waals surface area contributed by atoms with Gasteiger partial charge < -0.3 is 0 Å². The summed E-state index contributed by atoms with van der Waals surface area (Å²) in [5, 5.41) is 11.9. The summed E-state index contributed by atoms with van der Waals surface area (Å²) in [6.45, 7) is 30.5. The predicted octanol–water partition coefficient (Wildman–Crippen LogP) is 9.10. The van der Waals surface area contributed by atoms with E-state index < -0.39 is 40.2 Å². The molecule has 0 saturated carbocycles. The van der Waals surface area contributed by atoms with Gasteiger partial charge in [0, 0.05) is 0 Å². The van der Waals surface area contributed by atoms with E-state index in [1.165, 1.54) is 70.5 Å². The quantitative estimate of drug-likeness (QED) is 0.215. The van der Waals surface area contributed by atoms with Gasteiger partial charge in [-0.25, -0.2) is 0 Å². The summed E-state index contributed by atoms with van der Waals surface area (Å²) >= 11 is -6.14. The van der Waals surface area contributed by atoms with Crippen molar-refractivity contribution >= 4 is 40.2 Å². The van der Waals surface area contributed by atoms with Gasteiger partial charge in [0.2, 0.25) is 0 Å². The molecule has 2 atom stereocenters. The Hall–Kier alpha value is 1.03. The molecule has 0 aromatic carbocycles. The van der Waals surface area contributed by atoms with Gasteiger partial charge in [0.05, 0.1) is 0 Å². The standard InChI is InChI=1S/C30H62Ge3N2/c1-11-29-21-31(13-3,14-4)19-27(9)23-34(25-29)33(17-7,18-8)35-24-28(10)20-32(15-5,16-6)22-30(12-2)26-35/h19-20,29-30H,11-18,21-26H2,1-10H3/b27-19-,28-20-. The minimum atomic E-state index is -2.44. The fourth-order valence-electron chi connectivity index (χ4n) is 7.90. The van der Waals surface area contributed by atoms with Crippen molar-refractivity contribution in [3.8, 4) is 0 Å². The third-order valence-corrected chi connectivity index (χ3v) is 44.0. The molecular formula is C30H62Ge3N2. The molecule has 0 N–H and O–H groups in total. The van der Waals surface area contributed by atoms with E-state index in [4.69, 9.17) is 0 Å². The number of hydrogen-bond acceptors (Lipinski definition) is 2. The van der Waals surface area contributed by atoms with Crippen molar-refractivity contribution < 1.29 is 0 Å². The average molecular weight is 669 g/mol. The molecule has 0 bridgehead atoms. The summed E-state index contributed by atoms with van der Waals surface area (Å²) in [7, 11) is 0. The van der Waals surface area contributed by atoms with Crippen LogP contribution in [0.3, 0.4) is 0 Å². The maximum atomic E-state index is 3.17. The van der Waals surface area contributed by atoms with Crippen molar-refractivity contribution in [2.24, 2.45) is 11.8 Å². The molecule has 2 nitrogen and oxygen atoms in total. The molecule has 0 amide bonds. The second-order valence-corrected chi connectivity index (χ2v) is 42.6. The number of rotatable bonds is 10. The summed E-state index contributed by atoms with van der Waals surface area (Å²) < 4.78 is 6.35. The van der Waals surface area contributed by atoms with Crippen molar-refractivity contribution in [1.82, 2.24) is 7.71 Å². The molecule has 0 radical (unpaired) electrons. The third-order valence-electron chi connectivity index (χ3n) is 10.6.